The average molecular weight is 400 g/mol. The van der Waals surface area contributed by atoms with Gasteiger partial charge in [0.1, 0.15) is 6.61 Å². The number of methoxy groups -OCH3 is 1. The minimum absolute atomic E-state index is 0.0207. The van der Waals surface area contributed by atoms with Crippen LogP contribution in [0.15, 0.2) is 6.07 Å². The monoisotopic (exact) mass is 400 g/mol. The lowest BCUT2D eigenvalue weighted by atomic mass is 9.97. The molecule has 2 heterocycles. The summed E-state index contributed by atoms with van der Waals surface area (Å²) in [6.45, 7) is 4.89. The maximum absolute atomic E-state index is 14.4. The normalized spacial score (nSPS) is 20.7. The molecule has 2 aliphatic heterocycles. The molecule has 9 heteroatoms. The molecule has 0 aliphatic carbocycles. The van der Waals surface area contributed by atoms with Gasteiger partial charge in [0.25, 0.3) is 5.91 Å². The Bertz CT molecular complexity index is 779. The summed E-state index contributed by atoms with van der Waals surface area (Å²) < 4.78 is 51.4. The number of piperidine rings is 1. The van der Waals surface area contributed by atoms with Gasteiger partial charge in [-0.1, -0.05) is 13.8 Å². The van der Waals surface area contributed by atoms with E-state index < -0.39 is 34.7 Å². The molecular formula is C19H23F3N2O4. The Morgan fingerprint density at radius 1 is 1.21 bits per heavy atom. The minimum Gasteiger partial charge on any atom is -0.491 e. The zero-order valence-corrected chi connectivity index (χ0v) is 16.0. The van der Waals surface area contributed by atoms with Crippen LogP contribution in [0.5, 0.6) is 5.75 Å². The number of hydrogen-bond donors (Lipinski definition) is 0. The number of hydrogen-bond acceptors (Lipinski definition) is 4. The van der Waals surface area contributed by atoms with E-state index in [1.807, 2.05) is 13.8 Å². The summed E-state index contributed by atoms with van der Waals surface area (Å²) in [5.41, 5.74) is -0.574. The molecule has 1 aromatic rings. The molecular weight excluding hydrogens is 377 g/mol. The zero-order valence-electron chi connectivity index (χ0n) is 16.0. The number of likely N-dealkylation sites (tertiary alicyclic amines) is 1. The Hall–Kier alpha value is -2.45. The summed E-state index contributed by atoms with van der Waals surface area (Å²) in [4.78, 5) is 27.8. The Kier molecular flexibility index (Phi) is 5.71. The van der Waals surface area contributed by atoms with Crippen molar-refractivity contribution < 1.29 is 32.2 Å². The third-order valence-electron chi connectivity index (χ3n) is 5.41. The number of amides is 2. The third kappa shape index (κ3) is 3.49. The van der Waals surface area contributed by atoms with Gasteiger partial charge in [-0.3, -0.25) is 9.69 Å². The van der Waals surface area contributed by atoms with Crippen molar-refractivity contribution in [3.8, 4) is 5.75 Å². The van der Waals surface area contributed by atoms with Gasteiger partial charge in [-0.2, -0.15) is 4.39 Å². The Labute approximate surface area is 161 Å². The SMILES string of the molecule is COc1c(F)c(F)cc(C(=O)N2CCC(N3C(=O)OCC3C(C)C)CC2)c1F. The van der Waals surface area contributed by atoms with Gasteiger partial charge in [-0.25, -0.2) is 13.6 Å². The fourth-order valence-corrected chi connectivity index (χ4v) is 3.81. The number of carbonyl (C=O) groups excluding carboxylic acids is 2. The van der Waals surface area contributed by atoms with E-state index in [1.54, 1.807) is 4.90 Å². The molecule has 0 aromatic heterocycles. The number of halogens is 3. The van der Waals surface area contributed by atoms with Crippen LogP contribution in [-0.2, 0) is 4.74 Å². The Morgan fingerprint density at radius 2 is 1.86 bits per heavy atom. The van der Waals surface area contributed by atoms with Crippen molar-refractivity contribution in [1.82, 2.24) is 9.80 Å². The van der Waals surface area contributed by atoms with Crippen molar-refractivity contribution in [2.24, 2.45) is 5.92 Å². The lowest BCUT2D eigenvalue weighted by Gasteiger charge is -2.38. The van der Waals surface area contributed by atoms with Crippen molar-refractivity contribution in [2.45, 2.75) is 38.8 Å². The topological polar surface area (TPSA) is 59.1 Å². The fourth-order valence-electron chi connectivity index (χ4n) is 3.81. The van der Waals surface area contributed by atoms with E-state index in [0.717, 1.165) is 7.11 Å². The second kappa shape index (κ2) is 7.89. The number of benzene rings is 1. The number of nitrogens with zero attached hydrogens (tertiary/aromatic N) is 2. The second-order valence-electron chi connectivity index (χ2n) is 7.39. The van der Waals surface area contributed by atoms with Crippen molar-refractivity contribution in [2.75, 3.05) is 26.8 Å². The van der Waals surface area contributed by atoms with E-state index in [-0.39, 0.29) is 37.2 Å². The Balaban J connectivity index is 1.73. The number of rotatable bonds is 4. The van der Waals surface area contributed by atoms with Crippen molar-refractivity contribution >= 4 is 12.0 Å². The van der Waals surface area contributed by atoms with E-state index >= 15 is 0 Å². The molecule has 28 heavy (non-hydrogen) atoms. The maximum atomic E-state index is 14.4. The van der Waals surface area contributed by atoms with Crippen LogP contribution in [-0.4, -0.2) is 60.7 Å². The lowest BCUT2D eigenvalue weighted by molar-refractivity contribution is 0.0614. The van der Waals surface area contributed by atoms with Gasteiger partial charge in [0.05, 0.1) is 18.7 Å². The molecule has 1 unspecified atom stereocenters. The summed E-state index contributed by atoms with van der Waals surface area (Å²) in [6.07, 6.45) is 0.624. The first-order valence-electron chi connectivity index (χ1n) is 9.22. The first kappa shape index (κ1) is 20.3. The molecule has 1 aromatic carbocycles. The van der Waals surface area contributed by atoms with Gasteiger partial charge in [0.15, 0.2) is 17.4 Å². The van der Waals surface area contributed by atoms with Crippen LogP contribution in [0.4, 0.5) is 18.0 Å². The van der Waals surface area contributed by atoms with Crippen LogP contribution in [0.25, 0.3) is 0 Å². The summed E-state index contributed by atoms with van der Waals surface area (Å²) in [5.74, 6) is -5.47. The van der Waals surface area contributed by atoms with E-state index in [2.05, 4.69) is 4.74 Å². The highest BCUT2D eigenvalue weighted by atomic mass is 19.2. The molecule has 2 amide bonds. The molecule has 6 nitrogen and oxygen atoms in total. The zero-order chi connectivity index (χ0) is 20.6. The van der Waals surface area contributed by atoms with E-state index in [9.17, 15) is 22.8 Å². The van der Waals surface area contributed by atoms with E-state index in [1.165, 1.54) is 4.90 Å². The smallest absolute Gasteiger partial charge is 0.410 e. The first-order valence-corrected chi connectivity index (χ1v) is 9.22. The van der Waals surface area contributed by atoms with E-state index in [0.29, 0.717) is 25.5 Å². The number of ether oxygens (including phenoxy) is 2. The molecule has 2 fully saturated rings. The highest BCUT2D eigenvalue weighted by Crippen LogP contribution is 2.30. The summed E-state index contributed by atoms with van der Waals surface area (Å²) >= 11 is 0. The van der Waals surface area contributed by atoms with Gasteiger partial charge in [-0.05, 0) is 24.8 Å². The van der Waals surface area contributed by atoms with Crippen LogP contribution >= 0.6 is 0 Å². The van der Waals surface area contributed by atoms with Crippen LogP contribution in [0.1, 0.15) is 37.0 Å². The third-order valence-corrected chi connectivity index (χ3v) is 5.41. The fraction of sp³-hybridized carbons (Fsp3) is 0.579. The quantitative estimate of drug-likeness (QED) is 0.729. The minimum atomic E-state index is -1.47. The molecule has 0 bridgehead atoms. The van der Waals surface area contributed by atoms with Crippen molar-refractivity contribution in [1.29, 1.82) is 0 Å². The van der Waals surface area contributed by atoms with Crippen molar-refractivity contribution in [3.63, 3.8) is 0 Å². The highest BCUT2D eigenvalue weighted by Gasteiger charge is 2.41. The number of cyclic esters (lactones) is 1. The van der Waals surface area contributed by atoms with Crippen LogP contribution in [0.3, 0.4) is 0 Å². The van der Waals surface area contributed by atoms with Gasteiger partial charge >= 0.3 is 6.09 Å². The molecule has 0 radical (unpaired) electrons. The largest absolute Gasteiger partial charge is 0.491 e. The van der Waals surface area contributed by atoms with Crippen molar-refractivity contribution in [3.05, 3.63) is 29.1 Å². The lowest BCUT2D eigenvalue weighted by Crippen LogP contribution is -2.51. The summed E-state index contributed by atoms with van der Waals surface area (Å²) in [5, 5.41) is 0. The van der Waals surface area contributed by atoms with Crippen LogP contribution < -0.4 is 4.74 Å². The van der Waals surface area contributed by atoms with E-state index in [4.69, 9.17) is 4.74 Å². The molecule has 0 saturated carbocycles. The predicted molar refractivity (Wildman–Crippen MR) is 93.6 cm³/mol. The molecule has 2 saturated heterocycles. The van der Waals surface area contributed by atoms with Crippen LogP contribution in [0, 0.1) is 23.4 Å². The molecule has 0 N–H and O–H groups in total. The van der Waals surface area contributed by atoms with Gasteiger partial charge in [-0.15, -0.1) is 0 Å². The first-order chi connectivity index (χ1) is 13.3. The molecule has 1 atom stereocenters. The molecule has 0 spiro atoms. The Morgan fingerprint density at radius 3 is 2.43 bits per heavy atom. The van der Waals surface area contributed by atoms with Gasteiger partial charge in [0.2, 0.25) is 5.82 Å². The summed E-state index contributed by atoms with van der Waals surface area (Å²) in [6, 6.07) is 0.442. The maximum Gasteiger partial charge on any atom is 0.410 e. The highest BCUT2D eigenvalue weighted by molar-refractivity contribution is 5.95. The van der Waals surface area contributed by atoms with Crippen LogP contribution in [0.2, 0.25) is 0 Å². The second-order valence-corrected chi connectivity index (χ2v) is 7.39. The average Bonchev–Trinajstić information content (AvgIpc) is 3.06. The summed E-state index contributed by atoms with van der Waals surface area (Å²) in [7, 11) is 1.00. The van der Waals surface area contributed by atoms with Gasteiger partial charge in [0, 0.05) is 19.1 Å². The molecule has 3 rings (SSSR count). The standard InChI is InChI=1S/C19H23F3N2O4/c1-10(2)14-9-28-19(26)24(14)11-4-6-23(7-5-11)18(25)12-8-13(20)16(22)17(27-3)15(12)21/h8,10-11,14H,4-7,9H2,1-3H3. The molecule has 2 aliphatic rings. The predicted octanol–water partition coefficient (Wildman–Crippen LogP) is 3.19. The number of carbonyl (C=O) groups is 2. The van der Waals surface area contributed by atoms with Gasteiger partial charge < -0.3 is 14.4 Å². The molecule has 154 valence electrons.